The number of sulfonamides is 1. The van der Waals surface area contributed by atoms with Gasteiger partial charge < -0.3 is 9.63 Å². The van der Waals surface area contributed by atoms with Crippen molar-refractivity contribution >= 4 is 10.0 Å². The zero-order chi connectivity index (χ0) is 15.6. The first-order chi connectivity index (χ1) is 10.6. The molecule has 1 saturated carbocycles. The Morgan fingerprint density at radius 2 is 1.86 bits per heavy atom. The molecule has 0 bridgehead atoms. The number of benzene rings is 1. The summed E-state index contributed by atoms with van der Waals surface area (Å²) in [5.74, 6) is 0.583. The van der Waals surface area contributed by atoms with Crippen LogP contribution < -0.4 is 4.72 Å². The van der Waals surface area contributed by atoms with Gasteiger partial charge in [-0.05, 0) is 37.1 Å². The van der Waals surface area contributed by atoms with E-state index in [1.165, 1.54) is 18.3 Å². The molecular weight excluding hydrogens is 304 g/mol. The molecule has 0 aliphatic heterocycles. The smallest absolute Gasteiger partial charge is 0.240 e. The van der Waals surface area contributed by atoms with Crippen molar-refractivity contribution in [3.05, 3.63) is 36.5 Å². The van der Waals surface area contributed by atoms with Crippen molar-refractivity contribution in [2.45, 2.75) is 42.7 Å². The second kappa shape index (κ2) is 6.20. The number of aromatic nitrogens is 1. The van der Waals surface area contributed by atoms with Crippen molar-refractivity contribution in [3.8, 4) is 11.3 Å². The van der Waals surface area contributed by atoms with Gasteiger partial charge in [-0.2, -0.15) is 0 Å². The van der Waals surface area contributed by atoms with E-state index in [1.54, 1.807) is 18.2 Å². The lowest BCUT2D eigenvalue weighted by Gasteiger charge is -2.28. The number of nitrogens with zero attached hydrogens (tertiary/aromatic N) is 1. The second-order valence-electron chi connectivity index (χ2n) is 5.48. The molecule has 3 rings (SSSR count). The molecule has 1 aliphatic rings. The zero-order valence-corrected chi connectivity index (χ0v) is 12.8. The van der Waals surface area contributed by atoms with E-state index in [1.807, 2.05) is 0 Å². The molecule has 0 spiro atoms. The molecule has 0 unspecified atom stereocenters. The summed E-state index contributed by atoms with van der Waals surface area (Å²) in [4.78, 5) is 0.175. The summed E-state index contributed by atoms with van der Waals surface area (Å²) >= 11 is 0. The van der Waals surface area contributed by atoms with E-state index in [0.717, 1.165) is 18.4 Å². The molecule has 0 amide bonds. The molecule has 1 aromatic carbocycles. The Bertz CT molecular complexity index is 711. The van der Waals surface area contributed by atoms with Crippen molar-refractivity contribution in [1.82, 2.24) is 9.88 Å². The van der Waals surface area contributed by atoms with Crippen molar-refractivity contribution in [2.24, 2.45) is 0 Å². The number of aliphatic hydroxyl groups is 1. The monoisotopic (exact) mass is 322 g/mol. The van der Waals surface area contributed by atoms with E-state index in [4.69, 9.17) is 4.52 Å². The molecule has 0 saturated heterocycles. The molecule has 1 heterocycles. The van der Waals surface area contributed by atoms with Gasteiger partial charge in [-0.15, -0.1) is 0 Å². The molecule has 7 heteroatoms. The van der Waals surface area contributed by atoms with Crippen LogP contribution in [-0.2, 0) is 10.0 Å². The normalized spacial score (nSPS) is 22.6. The minimum absolute atomic E-state index is 0.175. The third kappa shape index (κ3) is 3.21. The lowest BCUT2D eigenvalue weighted by molar-refractivity contribution is 0.101. The van der Waals surface area contributed by atoms with E-state index in [9.17, 15) is 13.5 Å². The van der Waals surface area contributed by atoms with E-state index >= 15 is 0 Å². The first-order valence-corrected chi connectivity index (χ1v) is 8.76. The Balaban J connectivity index is 1.77. The van der Waals surface area contributed by atoms with Gasteiger partial charge in [0.1, 0.15) is 0 Å². The predicted octanol–water partition coefficient (Wildman–Crippen LogP) is 1.92. The fourth-order valence-electron chi connectivity index (χ4n) is 2.68. The zero-order valence-electron chi connectivity index (χ0n) is 12.0. The Labute approximate surface area is 129 Å². The summed E-state index contributed by atoms with van der Waals surface area (Å²) in [6, 6.07) is 7.69. The van der Waals surface area contributed by atoms with Crippen LogP contribution in [0.15, 0.2) is 45.9 Å². The Morgan fingerprint density at radius 3 is 2.50 bits per heavy atom. The van der Waals surface area contributed by atoms with Crippen LogP contribution >= 0.6 is 0 Å². The molecule has 2 aromatic rings. The molecule has 1 aliphatic carbocycles. The fourth-order valence-corrected chi connectivity index (χ4v) is 3.98. The standard InChI is InChI=1S/C15H18N2O4S/c18-14-4-2-1-3-13(14)17-22(19,20)12-7-5-11(6-8-12)15-9-10-16-21-15/h5-10,13-14,17-18H,1-4H2/t13-,14-/m0/s1. The van der Waals surface area contributed by atoms with E-state index in [2.05, 4.69) is 9.88 Å². The van der Waals surface area contributed by atoms with Gasteiger partial charge in [-0.1, -0.05) is 18.0 Å². The Morgan fingerprint density at radius 1 is 1.14 bits per heavy atom. The van der Waals surface area contributed by atoms with Crippen molar-refractivity contribution < 1.29 is 18.0 Å². The molecular formula is C15H18N2O4S. The topological polar surface area (TPSA) is 92.4 Å². The quantitative estimate of drug-likeness (QED) is 0.897. The summed E-state index contributed by atoms with van der Waals surface area (Å²) in [5.41, 5.74) is 0.758. The van der Waals surface area contributed by atoms with Crippen LogP contribution in [-0.4, -0.2) is 30.8 Å². The van der Waals surface area contributed by atoms with Crippen molar-refractivity contribution in [3.63, 3.8) is 0 Å². The Hall–Kier alpha value is -1.70. The number of nitrogens with one attached hydrogen (secondary N) is 1. The van der Waals surface area contributed by atoms with Crippen LogP contribution in [0.5, 0.6) is 0 Å². The van der Waals surface area contributed by atoms with Crippen molar-refractivity contribution in [1.29, 1.82) is 0 Å². The summed E-state index contributed by atoms with van der Waals surface area (Å²) in [6.45, 7) is 0. The molecule has 1 fully saturated rings. The van der Waals surface area contributed by atoms with E-state index in [-0.39, 0.29) is 4.90 Å². The van der Waals surface area contributed by atoms with Crippen LogP contribution in [0.1, 0.15) is 25.7 Å². The highest BCUT2D eigenvalue weighted by atomic mass is 32.2. The van der Waals surface area contributed by atoms with Gasteiger partial charge in [-0.3, -0.25) is 0 Å². The maximum Gasteiger partial charge on any atom is 0.240 e. The van der Waals surface area contributed by atoms with Crippen LogP contribution in [0.2, 0.25) is 0 Å². The third-order valence-electron chi connectivity index (χ3n) is 3.92. The van der Waals surface area contributed by atoms with Crippen LogP contribution in [0, 0.1) is 0 Å². The number of hydrogen-bond donors (Lipinski definition) is 2. The number of hydrogen-bond acceptors (Lipinski definition) is 5. The van der Waals surface area contributed by atoms with E-state index < -0.39 is 22.2 Å². The summed E-state index contributed by atoms with van der Waals surface area (Å²) in [5, 5.41) is 13.5. The Kier molecular flexibility index (Phi) is 4.28. The summed E-state index contributed by atoms with van der Waals surface area (Å²) in [6.07, 6.45) is 4.08. The van der Waals surface area contributed by atoms with Gasteiger partial charge in [-0.25, -0.2) is 13.1 Å². The van der Waals surface area contributed by atoms with E-state index in [0.29, 0.717) is 18.6 Å². The molecule has 0 radical (unpaired) electrons. The molecule has 22 heavy (non-hydrogen) atoms. The number of aliphatic hydroxyl groups excluding tert-OH is 1. The average molecular weight is 322 g/mol. The largest absolute Gasteiger partial charge is 0.391 e. The van der Waals surface area contributed by atoms with Crippen LogP contribution in [0.25, 0.3) is 11.3 Å². The van der Waals surface area contributed by atoms with Gasteiger partial charge in [0.05, 0.1) is 17.2 Å². The van der Waals surface area contributed by atoms with Gasteiger partial charge >= 0.3 is 0 Å². The van der Waals surface area contributed by atoms with Gasteiger partial charge in [0.25, 0.3) is 0 Å². The molecule has 1 aromatic heterocycles. The van der Waals surface area contributed by atoms with Crippen LogP contribution in [0.3, 0.4) is 0 Å². The molecule has 2 atom stereocenters. The van der Waals surface area contributed by atoms with Gasteiger partial charge in [0, 0.05) is 17.7 Å². The first-order valence-electron chi connectivity index (χ1n) is 7.28. The van der Waals surface area contributed by atoms with Gasteiger partial charge in [0.15, 0.2) is 5.76 Å². The number of rotatable bonds is 4. The second-order valence-corrected chi connectivity index (χ2v) is 7.19. The van der Waals surface area contributed by atoms with Crippen molar-refractivity contribution in [2.75, 3.05) is 0 Å². The minimum atomic E-state index is -3.63. The summed E-state index contributed by atoms with van der Waals surface area (Å²) in [7, 11) is -3.63. The lowest BCUT2D eigenvalue weighted by Crippen LogP contribution is -2.44. The summed E-state index contributed by atoms with van der Waals surface area (Å²) < 4.78 is 32.4. The predicted molar refractivity (Wildman–Crippen MR) is 80.5 cm³/mol. The minimum Gasteiger partial charge on any atom is -0.391 e. The van der Waals surface area contributed by atoms with Crippen LogP contribution in [0.4, 0.5) is 0 Å². The highest BCUT2D eigenvalue weighted by Crippen LogP contribution is 2.23. The molecule has 2 N–H and O–H groups in total. The molecule has 6 nitrogen and oxygen atoms in total. The highest BCUT2D eigenvalue weighted by Gasteiger charge is 2.28. The van der Waals surface area contributed by atoms with Gasteiger partial charge in [0.2, 0.25) is 10.0 Å². The lowest BCUT2D eigenvalue weighted by atomic mass is 9.93. The maximum atomic E-state index is 12.4. The average Bonchev–Trinajstić information content (AvgIpc) is 3.04. The maximum absolute atomic E-state index is 12.4. The fraction of sp³-hybridized carbons (Fsp3) is 0.400. The highest BCUT2D eigenvalue weighted by molar-refractivity contribution is 7.89. The molecule has 118 valence electrons. The third-order valence-corrected chi connectivity index (χ3v) is 5.43. The first kappa shape index (κ1) is 15.2. The SMILES string of the molecule is O=S(=O)(N[C@H]1CCCC[C@@H]1O)c1ccc(-c2ccno2)cc1.